The van der Waals surface area contributed by atoms with Crippen LogP contribution in [0.3, 0.4) is 0 Å². The standard InChI is InChI=1S/C20H15ClF3N3O2S/c1-12-19(30(28,29)15-5-3-2-4-6-15)18(13-7-9-14(21)10-8-13)27-17(25-12)11-16(26-27)20(22,23)24/h2-11,18-19H,1H3. The minimum Gasteiger partial charge on any atom is -0.238 e. The SMILES string of the molecule is CC1=Nc2cc(C(F)(F)F)nn2C(c2ccc(Cl)cc2)C1S(=O)(=O)c1ccccc1. The van der Waals surface area contributed by atoms with E-state index in [1.165, 1.54) is 19.1 Å². The van der Waals surface area contributed by atoms with E-state index in [-0.39, 0.29) is 16.4 Å². The van der Waals surface area contributed by atoms with Crippen molar-refractivity contribution in [2.24, 2.45) is 4.99 Å². The summed E-state index contributed by atoms with van der Waals surface area (Å²) in [6.45, 7) is 1.50. The van der Waals surface area contributed by atoms with Crippen LogP contribution in [0.5, 0.6) is 0 Å². The molecule has 3 aromatic rings. The maximum atomic E-state index is 13.5. The van der Waals surface area contributed by atoms with Crippen molar-refractivity contribution in [3.8, 4) is 0 Å². The van der Waals surface area contributed by atoms with Crippen molar-refractivity contribution in [2.45, 2.75) is 29.3 Å². The zero-order valence-corrected chi connectivity index (χ0v) is 17.1. The molecule has 156 valence electrons. The molecule has 0 saturated carbocycles. The predicted molar refractivity (Wildman–Crippen MR) is 107 cm³/mol. The third-order valence-electron chi connectivity index (χ3n) is 4.88. The Morgan fingerprint density at radius 1 is 1.03 bits per heavy atom. The van der Waals surface area contributed by atoms with Gasteiger partial charge in [-0.15, -0.1) is 0 Å². The summed E-state index contributed by atoms with van der Waals surface area (Å²) in [6.07, 6.45) is -4.69. The van der Waals surface area contributed by atoms with Gasteiger partial charge >= 0.3 is 6.18 Å². The van der Waals surface area contributed by atoms with Gasteiger partial charge in [-0.3, -0.25) is 0 Å². The minimum absolute atomic E-state index is 0.0511. The number of hydrogen-bond donors (Lipinski definition) is 0. The highest BCUT2D eigenvalue weighted by Crippen LogP contribution is 2.41. The summed E-state index contributed by atoms with van der Waals surface area (Å²) >= 11 is 5.95. The van der Waals surface area contributed by atoms with Crippen LogP contribution >= 0.6 is 11.6 Å². The number of halogens is 4. The van der Waals surface area contributed by atoms with Gasteiger partial charge in [-0.25, -0.2) is 18.1 Å². The van der Waals surface area contributed by atoms with Gasteiger partial charge in [0.05, 0.1) is 4.90 Å². The Morgan fingerprint density at radius 3 is 2.27 bits per heavy atom. The van der Waals surface area contributed by atoms with Crippen LogP contribution in [0.2, 0.25) is 5.02 Å². The largest absolute Gasteiger partial charge is 0.435 e. The fraction of sp³-hybridized carbons (Fsp3) is 0.200. The summed E-state index contributed by atoms with van der Waals surface area (Å²) in [5.74, 6) is -0.0562. The van der Waals surface area contributed by atoms with Crippen LogP contribution in [0.25, 0.3) is 0 Å². The molecular weight excluding hydrogens is 439 g/mol. The number of alkyl halides is 3. The summed E-state index contributed by atoms with van der Waals surface area (Å²) in [5.41, 5.74) is -0.498. The van der Waals surface area contributed by atoms with Crippen LogP contribution in [-0.2, 0) is 16.0 Å². The number of aliphatic imine (C=N–C) groups is 1. The van der Waals surface area contributed by atoms with Crippen LogP contribution in [0, 0.1) is 0 Å². The molecule has 2 unspecified atom stereocenters. The van der Waals surface area contributed by atoms with E-state index < -0.39 is 33.0 Å². The summed E-state index contributed by atoms with van der Waals surface area (Å²) in [5, 5.41) is 2.86. The van der Waals surface area contributed by atoms with E-state index >= 15 is 0 Å². The molecule has 1 aromatic heterocycles. The van der Waals surface area contributed by atoms with Crippen LogP contribution in [0.15, 0.2) is 70.6 Å². The quantitative estimate of drug-likeness (QED) is 0.554. The fourth-order valence-corrected chi connectivity index (χ4v) is 5.61. The molecule has 30 heavy (non-hydrogen) atoms. The Hall–Kier alpha value is -2.65. The van der Waals surface area contributed by atoms with Crippen molar-refractivity contribution in [1.82, 2.24) is 9.78 Å². The maximum Gasteiger partial charge on any atom is 0.435 e. The Bertz CT molecular complexity index is 1220. The van der Waals surface area contributed by atoms with Gasteiger partial charge in [0.1, 0.15) is 11.3 Å². The second-order valence-electron chi connectivity index (χ2n) is 6.86. The number of rotatable bonds is 3. The van der Waals surface area contributed by atoms with Crippen molar-refractivity contribution in [2.75, 3.05) is 0 Å². The minimum atomic E-state index is -4.69. The van der Waals surface area contributed by atoms with Gasteiger partial charge in [-0.1, -0.05) is 41.9 Å². The summed E-state index contributed by atoms with van der Waals surface area (Å²) in [4.78, 5) is 4.21. The van der Waals surface area contributed by atoms with Gasteiger partial charge in [0.25, 0.3) is 0 Å². The molecule has 10 heteroatoms. The molecule has 0 bridgehead atoms. The first-order valence-electron chi connectivity index (χ1n) is 8.85. The van der Waals surface area contributed by atoms with E-state index in [0.29, 0.717) is 10.6 Å². The highest BCUT2D eigenvalue weighted by Gasteiger charge is 2.45. The van der Waals surface area contributed by atoms with Crippen LogP contribution in [0.1, 0.15) is 24.2 Å². The monoisotopic (exact) mass is 453 g/mol. The Kier molecular flexibility index (Phi) is 4.98. The van der Waals surface area contributed by atoms with E-state index in [9.17, 15) is 21.6 Å². The first-order chi connectivity index (χ1) is 14.1. The van der Waals surface area contributed by atoms with Gasteiger partial charge in [-0.2, -0.15) is 18.3 Å². The third-order valence-corrected chi connectivity index (χ3v) is 7.33. The number of fused-ring (bicyclic) bond motifs is 1. The lowest BCUT2D eigenvalue weighted by Gasteiger charge is -2.31. The molecule has 2 aromatic carbocycles. The molecule has 1 aliphatic heterocycles. The second-order valence-corrected chi connectivity index (χ2v) is 9.36. The van der Waals surface area contributed by atoms with E-state index in [4.69, 9.17) is 11.6 Å². The van der Waals surface area contributed by atoms with Gasteiger partial charge in [-0.05, 0) is 36.8 Å². The molecule has 0 radical (unpaired) electrons. The Balaban J connectivity index is 1.95. The molecule has 0 spiro atoms. The van der Waals surface area contributed by atoms with E-state index in [0.717, 1.165) is 10.7 Å². The second kappa shape index (κ2) is 7.24. The molecule has 2 atom stereocenters. The lowest BCUT2D eigenvalue weighted by Crippen LogP contribution is -2.41. The van der Waals surface area contributed by atoms with Gasteiger partial charge < -0.3 is 0 Å². The fourth-order valence-electron chi connectivity index (χ4n) is 3.54. The van der Waals surface area contributed by atoms with Gasteiger partial charge in [0.2, 0.25) is 0 Å². The summed E-state index contributed by atoms with van der Waals surface area (Å²) in [6, 6.07) is 13.8. The highest BCUT2D eigenvalue weighted by molar-refractivity contribution is 7.92. The Labute approximate surface area is 175 Å². The predicted octanol–water partition coefficient (Wildman–Crippen LogP) is 5.09. The lowest BCUT2D eigenvalue weighted by atomic mass is 10.00. The molecule has 0 saturated heterocycles. The molecule has 0 amide bonds. The molecule has 4 rings (SSSR count). The van der Waals surface area contributed by atoms with Crippen molar-refractivity contribution in [3.05, 3.63) is 76.9 Å². The first-order valence-corrected chi connectivity index (χ1v) is 10.8. The summed E-state index contributed by atoms with van der Waals surface area (Å²) < 4.78 is 67.9. The van der Waals surface area contributed by atoms with Crippen molar-refractivity contribution < 1.29 is 21.6 Å². The highest BCUT2D eigenvalue weighted by atomic mass is 35.5. The van der Waals surface area contributed by atoms with Crippen molar-refractivity contribution in [3.63, 3.8) is 0 Å². The van der Waals surface area contributed by atoms with E-state index in [1.807, 2.05) is 0 Å². The van der Waals surface area contributed by atoms with Crippen molar-refractivity contribution in [1.29, 1.82) is 0 Å². The van der Waals surface area contributed by atoms with Crippen molar-refractivity contribution >= 4 is 33.0 Å². The van der Waals surface area contributed by atoms with Crippen LogP contribution < -0.4 is 0 Å². The molecule has 1 aliphatic rings. The number of hydrogen-bond acceptors (Lipinski definition) is 4. The average molecular weight is 454 g/mol. The first kappa shape index (κ1) is 20.6. The number of benzene rings is 2. The van der Waals surface area contributed by atoms with Gasteiger partial charge in [0, 0.05) is 16.8 Å². The lowest BCUT2D eigenvalue weighted by molar-refractivity contribution is -0.141. The topological polar surface area (TPSA) is 64.3 Å². The Morgan fingerprint density at radius 2 is 1.67 bits per heavy atom. The molecule has 2 heterocycles. The molecular formula is C20H15ClF3N3O2S. The molecule has 0 N–H and O–H groups in total. The maximum absolute atomic E-state index is 13.5. The molecule has 0 fully saturated rings. The normalized spacial score (nSPS) is 19.3. The zero-order chi connectivity index (χ0) is 21.7. The number of aromatic nitrogens is 2. The van der Waals surface area contributed by atoms with Crippen LogP contribution in [0.4, 0.5) is 19.0 Å². The smallest absolute Gasteiger partial charge is 0.238 e. The molecule has 5 nitrogen and oxygen atoms in total. The van der Waals surface area contributed by atoms with Crippen LogP contribution in [-0.4, -0.2) is 29.2 Å². The number of sulfone groups is 1. The van der Waals surface area contributed by atoms with E-state index in [2.05, 4.69) is 10.1 Å². The average Bonchev–Trinajstić information content (AvgIpc) is 3.12. The third kappa shape index (κ3) is 3.52. The van der Waals surface area contributed by atoms with Gasteiger partial charge in [0.15, 0.2) is 21.3 Å². The number of nitrogens with zero attached hydrogens (tertiary/aromatic N) is 3. The summed E-state index contributed by atoms with van der Waals surface area (Å²) in [7, 11) is -3.99. The van der Waals surface area contributed by atoms with E-state index in [1.54, 1.807) is 42.5 Å². The molecule has 0 aliphatic carbocycles. The zero-order valence-electron chi connectivity index (χ0n) is 15.5.